The van der Waals surface area contributed by atoms with Crippen molar-refractivity contribution < 1.29 is 4.79 Å². The molecule has 108 valence electrons. The van der Waals surface area contributed by atoms with E-state index in [-0.39, 0.29) is 17.4 Å². The maximum Gasteiger partial charge on any atom is 0.226 e. The lowest BCUT2D eigenvalue weighted by molar-refractivity contribution is -0.135. The molecule has 0 N–H and O–H groups in total. The third-order valence-electron chi connectivity index (χ3n) is 5.18. The third kappa shape index (κ3) is 2.05. The smallest absolute Gasteiger partial charge is 0.226 e. The molecule has 0 aromatic heterocycles. The largest absolute Gasteiger partial charge is 0.339 e. The van der Waals surface area contributed by atoms with Gasteiger partial charge >= 0.3 is 0 Å². The highest BCUT2D eigenvalue weighted by atomic mass is 35.5. The van der Waals surface area contributed by atoms with Crippen LogP contribution in [-0.2, 0) is 11.2 Å². The zero-order valence-electron chi connectivity index (χ0n) is 12.4. The van der Waals surface area contributed by atoms with Crippen LogP contribution in [0.15, 0.2) is 24.3 Å². The topological polar surface area (TPSA) is 20.3 Å². The Kier molecular flexibility index (Phi) is 3.32. The summed E-state index contributed by atoms with van der Waals surface area (Å²) in [5.41, 5.74) is 2.56. The van der Waals surface area contributed by atoms with Crippen LogP contribution >= 0.6 is 11.6 Å². The van der Waals surface area contributed by atoms with Crippen LogP contribution in [0.5, 0.6) is 0 Å². The molecule has 3 rings (SSSR count). The number of carbonyl (C=O) groups is 1. The van der Waals surface area contributed by atoms with Gasteiger partial charge < -0.3 is 4.90 Å². The molecule has 0 radical (unpaired) electrons. The molecular formula is C17H22ClNO. The fourth-order valence-corrected chi connectivity index (χ4v) is 3.69. The van der Waals surface area contributed by atoms with Crippen molar-refractivity contribution in [1.82, 2.24) is 4.90 Å². The van der Waals surface area contributed by atoms with Gasteiger partial charge in [-0.2, -0.15) is 0 Å². The van der Waals surface area contributed by atoms with Gasteiger partial charge in [0.05, 0.1) is 5.54 Å². The normalized spacial score (nSPS) is 27.5. The van der Waals surface area contributed by atoms with Crippen LogP contribution in [0.4, 0.5) is 0 Å². The van der Waals surface area contributed by atoms with E-state index in [1.165, 1.54) is 11.1 Å². The summed E-state index contributed by atoms with van der Waals surface area (Å²) >= 11 is 6.00. The van der Waals surface area contributed by atoms with Gasteiger partial charge in [-0.05, 0) is 49.7 Å². The molecule has 1 fully saturated rings. The first-order chi connectivity index (χ1) is 9.47. The number of amides is 1. The first kappa shape index (κ1) is 13.9. The molecule has 1 saturated carbocycles. The number of halogens is 1. The number of fused-ring (bicyclic) bond motifs is 3. The van der Waals surface area contributed by atoms with Gasteiger partial charge in [0, 0.05) is 18.8 Å². The molecule has 2 aliphatic carbocycles. The predicted molar refractivity (Wildman–Crippen MR) is 82.1 cm³/mol. The Hall–Kier alpha value is -1.02. The lowest BCUT2D eigenvalue weighted by atomic mass is 9.92. The first-order valence-corrected chi connectivity index (χ1v) is 7.92. The number of benzene rings is 1. The molecular weight excluding hydrogens is 270 g/mol. The van der Waals surface area contributed by atoms with Gasteiger partial charge in [-0.1, -0.05) is 24.3 Å². The van der Waals surface area contributed by atoms with E-state index in [9.17, 15) is 4.79 Å². The Morgan fingerprint density at radius 3 is 2.80 bits per heavy atom. The standard InChI is InChI=1S/C17H22ClNO/c1-17(2,10-18)19(3)16(20)15-13-9-8-11-6-4-5-7-12(11)14(13)15/h4-7,13-15H,8-10H2,1-3H3. The molecule has 1 aromatic carbocycles. The highest BCUT2D eigenvalue weighted by Gasteiger charge is 2.58. The van der Waals surface area contributed by atoms with Crippen LogP contribution in [0.1, 0.15) is 37.3 Å². The summed E-state index contributed by atoms with van der Waals surface area (Å²) in [5.74, 6) is 1.90. The summed E-state index contributed by atoms with van der Waals surface area (Å²) in [4.78, 5) is 14.6. The van der Waals surface area contributed by atoms with Crippen LogP contribution in [0.25, 0.3) is 0 Å². The molecule has 0 aliphatic heterocycles. The minimum Gasteiger partial charge on any atom is -0.339 e. The predicted octanol–water partition coefficient (Wildman–Crippen LogP) is 3.44. The van der Waals surface area contributed by atoms with E-state index in [0.29, 0.717) is 17.7 Å². The number of rotatable bonds is 3. The Morgan fingerprint density at radius 1 is 1.40 bits per heavy atom. The second kappa shape index (κ2) is 4.77. The minimum atomic E-state index is -0.274. The van der Waals surface area contributed by atoms with Gasteiger partial charge in [0.1, 0.15) is 0 Å². The molecule has 0 bridgehead atoms. The van der Waals surface area contributed by atoms with E-state index in [2.05, 4.69) is 24.3 Å². The molecule has 3 atom stereocenters. The molecule has 2 nitrogen and oxygen atoms in total. The Morgan fingerprint density at radius 2 is 2.10 bits per heavy atom. The molecule has 1 aromatic rings. The number of carbonyl (C=O) groups excluding carboxylic acids is 1. The number of hydrogen-bond acceptors (Lipinski definition) is 1. The molecule has 1 amide bonds. The molecule has 0 heterocycles. The van der Waals surface area contributed by atoms with Gasteiger partial charge in [0.25, 0.3) is 0 Å². The quantitative estimate of drug-likeness (QED) is 0.781. The van der Waals surface area contributed by atoms with Crippen molar-refractivity contribution in [2.75, 3.05) is 12.9 Å². The SMILES string of the molecule is CN(C(=O)C1C2CCc3ccccc3C21)C(C)(C)CCl. The average Bonchev–Trinajstić information content (AvgIpc) is 3.20. The van der Waals surface area contributed by atoms with Crippen molar-refractivity contribution in [3.8, 4) is 0 Å². The van der Waals surface area contributed by atoms with Crippen molar-refractivity contribution in [2.45, 2.75) is 38.1 Å². The lowest BCUT2D eigenvalue weighted by Gasteiger charge is -2.34. The van der Waals surface area contributed by atoms with Crippen LogP contribution < -0.4 is 0 Å². The van der Waals surface area contributed by atoms with Crippen molar-refractivity contribution in [3.63, 3.8) is 0 Å². The molecule has 3 unspecified atom stereocenters. The average molecular weight is 292 g/mol. The highest BCUT2D eigenvalue weighted by Crippen LogP contribution is 2.60. The van der Waals surface area contributed by atoms with Crippen molar-refractivity contribution in [1.29, 1.82) is 0 Å². The minimum absolute atomic E-state index is 0.172. The molecule has 2 aliphatic rings. The van der Waals surface area contributed by atoms with Crippen LogP contribution in [0.3, 0.4) is 0 Å². The number of hydrogen-bond donors (Lipinski definition) is 0. The van der Waals surface area contributed by atoms with E-state index >= 15 is 0 Å². The number of nitrogens with zero attached hydrogens (tertiary/aromatic N) is 1. The number of aryl methyl sites for hydroxylation is 1. The second-order valence-corrected chi connectivity index (χ2v) is 7.06. The second-order valence-electron chi connectivity index (χ2n) is 6.80. The zero-order valence-corrected chi connectivity index (χ0v) is 13.2. The Labute approximate surface area is 126 Å². The summed E-state index contributed by atoms with van der Waals surface area (Å²) in [6.45, 7) is 4.05. The third-order valence-corrected chi connectivity index (χ3v) is 5.83. The van der Waals surface area contributed by atoms with E-state index in [1.807, 2.05) is 25.8 Å². The van der Waals surface area contributed by atoms with E-state index in [0.717, 1.165) is 12.8 Å². The van der Waals surface area contributed by atoms with Gasteiger partial charge in [0.15, 0.2) is 0 Å². The summed E-state index contributed by atoms with van der Waals surface area (Å²) in [6.07, 6.45) is 2.26. The molecule has 20 heavy (non-hydrogen) atoms. The maximum absolute atomic E-state index is 12.8. The lowest BCUT2D eigenvalue weighted by Crippen LogP contribution is -2.47. The molecule has 0 spiro atoms. The molecule has 3 heteroatoms. The summed E-state index contributed by atoms with van der Waals surface area (Å²) < 4.78 is 0. The van der Waals surface area contributed by atoms with Gasteiger partial charge in [0.2, 0.25) is 5.91 Å². The number of alkyl halides is 1. The van der Waals surface area contributed by atoms with E-state index in [1.54, 1.807) is 0 Å². The summed E-state index contributed by atoms with van der Waals surface area (Å²) in [7, 11) is 1.89. The zero-order chi connectivity index (χ0) is 14.5. The van der Waals surface area contributed by atoms with Gasteiger partial charge in [-0.25, -0.2) is 0 Å². The molecule has 0 saturated heterocycles. The summed E-state index contributed by atoms with van der Waals surface area (Å²) in [6, 6.07) is 8.60. The van der Waals surface area contributed by atoms with Gasteiger partial charge in [-0.15, -0.1) is 11.6 Å². The highest BCUT2D eigenvalue weighted by molar-refractivity contribution is 6.18. The van der Waals surface area contributed by atoms with Crippen LogP contribution in [-0.4, -0.2) is 29.3 Å². The van der Waals surface area contributed by atoms with Crippen LogP contribution in [0, 0.1) is 11.8 Å². The van der Waals surface area contributed by atoms with Crippen molar-refractivity contribution >= 4 is 17.5 Å². The van der Waals surface area contributed by atoms with Crippen molar-refractivity contribution in [3.05, 3.63) is 35.4 Å². The Balaban J connectivity index is 1.81. The van der Waals surface area contributed by atoms with E-state index < -0.39 is 0 Å². The fourth-order valence-electron chi connectivity index (χ4n) is 3.51. The Bertz CT molecular complexity index is 540. The first-order valence-electron chi connectivity index (χ1n) is 7.39. The fraction of sp³-hybridized carbons (Fsp3) is 0.588. The van der Waals surface area contributed by atoms with Crippen molar-refractivity contribution in [2.24, 2.45) is 11.8 Å². The van der Waals surface area contributed by atoms with Crippen LogP contribution in [0.2, 0.25) is 0 Å². The van der Waals surface area contributed by atoms with E-state index in [4.69, 9.17) is 11.6 Å². The monoisotopic (exact) mass is 291 g/mol. The van der Waals surface area contributed by atoms with Gasteiger partial charge in [-0.3, -0.25) is 4.79 Å². The summed E-state index contributed by atoms with van der Waals surface area (Å²) in [5, 5.41) is 0. The maximum atomic E-state index is 12.8.